The number of hydrogen-bond donors (Lipinski definition) is 0. The molecule has 7 heteroatoms. The lowest BCUT2D eigenvalue weighted by Crippen LogP contribution is -2.03. The molecule has 0 aliphatic heterocycles. The van der Waals surface area contributed by atoms with E-state index in [0.29, 0.717) is 5.82 Å². The summed E-state index contributed by atoms with van der Waals surface area (Å²) in [5, 5.41) is 11.1. The molecule has 78 valence electrons. The molecule has 0 atom stereocenters. The van der Waals surface area contributed by atoms with Crippen LogP contribution in [0.15, 0.2) is 18.2 Å². The number of rotatable bonds is 2. The zero-order valence-corrected chi connectivity index (χ0v) is 10.3. The molecule has 0 N–H and O–H groups in total. The quantitative estimate of drug-likeness (QED) is 0.622. The predicted octanol–water partition coefficient (Wildman–Crippen LogP) is 2.14. The number of halogens is 3. The van der Waals surface area contributed by atoms with Gasteiger partial charge in [-0.05, 0) is 51.2 Å². The van der Waals surface area contributed by atoms with Crippen LogP contribution in [0.25, 0.3) is 5.69 Å². The van der Waals surface area contributed by atoms with E-state index >= 15 is 0 Å². The van der Waals surface area contributed by atoms with E-state index in [0.717, 1.165) is 9.26 Å². The summed E-state index contributed by atoms with van der Waals surface area (Å²) < 4.78 is 15.1. The minimum absolute atomic E-state index is 0.209. The summed E-state index contributed by atoms with van der Waals surface area (Å²) in [4.78, 5) is 0. The van der Waals surface area contributed by atoms with Crippen LogP contribution in [-0.4, -0.2) is 20.2 Å². The Morgan fingerprint density at radius 2 is 2.27 bits per heavy atom. The van der Waals surface area contributed by atoms with E-state index in [1.165, 1.54) is 16.8 Å². The fourth-order valence-electron chi connectivity index (χ4n) is 1.13. The first kappa shape index (κ1) is 10.7. The van der Waals surface area contributed by atoms with E-state index in [2.05, 4.69) is 15.5 Å². The molecule has 0 aliphatic carbocycles. The van der Waals surface area contributed by atoms with Crippen LogP contribution in [0, 0.1) is 9.39 Å². The molecule has 2 aromatic rings. The first-order valence-electron chi connectivity index (χ1n) is 4.01. The van der Waals surface area contributed by atoms with E-state index in [1.807, 2.05) is 22.6 Å². The van der Waals surface area contributed by atoms with Crippen molar-refractivity contribution in [3.63, 3.8) is 0 Å². The van der Waals surface area contributed by atoms with Crippen molar-refractivity contribution in [2.45, 2.75) is 5.88 Å². The fraction of sp³-hybridized carbons (Fsp3) is 0.125. The van der Waals surface area contributed by atoms with Crippen LogP contribution in [0.2, 0.25) is 0 Å². The molecule has 2 rings (SSSR count). The number of tetrazole rings is 1. The van der Waals surface area contributed by atoms with Crippen molar-refractivity contribution in [2.24, 2.45) is 0 Å². The molecule has 0 amide bonds. The van der Waals surface area contributed by atoms with Crippen molar-refractivity contribution in [2.75, 3.05) is 0 Å². The maximum atomic E-state index is 12.9. The molecule has 1 aromatic carbocycles. The molecule has 15 heavy (non-hydrogen) atoms. The molecule has 0 radical (unpaired) electrons. The summed E-state index contributed by atoms with van der Waals surface area (Å²) in [5.41, 5.74) is 0.720. The van der Waals surface area contributed by atoms with Crippen molar-refractivity contribution in [3.8, 4) is 5.69 Å². The molecule has 0 bridgehead atoms. The summed E-state index contributed by atoms with van der Waals surface area (Å²) >= 11 is 7.69. The summed E-state index contributed by atoms with van der Waals surface area (Å²) in [6, 6.07) is 4.39. The third kappa shape index (κ3) is 2.10. The average Bonchev–Trinajstić information content (AvgIpc) is 2.65. The van der Waals surface area contributed by atoms with Crippen LogP contribution in [0.5, 0.6) is 0 Å². The SMILES string of the molecule is Fc1ccc(-n2nnnc2CCl)c(I)c1. The second-order valence-corrected chi connectivity index (χ2v) is 4.17. The monoisotopic (exact) mass is 338 g/mol. The Hall–Kier alpha value is -0.760. The second kappa shape index (κ2) is 4.40. The van der Waals surface area contributed by atoms with E-state index in [1.54, 1.807) is 6.07 Å². The molecule has 0 fully saturated rings. The smallest absolute Gasteiger partial charge is 0.171 e. The summed E-state index contributed by atoms with van der Waals surface area (Å²) in [6.45, 7) is 0. The maximum absolute atomic E-state index is 12.9. The molecule has 0 saturated heterocycles. The normalized spacial score (nSPS) is 10.6. The van der Waals surface area contributed by atoms with Crippen LogP contribution < -0.4 is 0 Å². The minimum atomic E-state index is -0.288. The summed E-state index contributed by atoms with van der Waals surface area (Å²) in [7, 11) is 0. The van der Waals surface area contributed by atoms with Crippen molar-refractivity contribution < 1.29 is 4.39 Å². The Morgan fingerprint density at radius 3 is 2.93 bits per heavy atom. The molecule has 0 spiro atoms. The Labute approximate surface area is 104 Å². The number of nitrogens with zero attached hydrogens (tertiary/aromatic N) is 4. The molecule has 0 unspecified atom stereocenters. The Morgan fingerprint density at radius 1 is 1.47 bits per heavy atom. The molecular formula is C8H5ClFIN4. The molecule has 1 aromatic heterocycles. The number of hydrogen-bond acceptors (Lipinski definition) is 3. The maximum Gasteiger partial charge on any atom is 0.171 e. The van der Waals surface area contributed by atoms with E-state index in [9.17, 15) is 4.39 Å². The van der Waals surface area contributed by atoms with E-state index in [-0.39, 0.29) is 11.7 Å². The molecule has 0 saturated carbocycles. The first-order valence-corrected chi connectivity index (χ1v) is 5.62. The average molecular weight is 339 g/mol. The Balaban J connectivity index is 2.54. The highest BCUT2D eigenvalue weighted by Gasteiger charge is 2.10. The van der Waals surface area contributed by atoms with Crippen LogP contribution in [0.3, 0.4) is 0 Å². The van der Waals surface area contributed by atoms with E-state index in [4.69, 9.17) is 11.6 Å². The largest absolute Gasteiger partial charge is 0.207 e. The van der Waals surface area contributed by atoms with Crippen LogP contribution in [0.4, 0.5) is 4.39 Å². The van der Waals surface area contributed by atoms with Gasteiger partial charge in [0, 0.05) is 3.57 Å². The fourth-order valence-corrected chi connectivity index (χ4v) is 2.00. The van der Waals surface area contributed by atoms with Crippen LogP contribution in [0.1, 0.15) is 5.82 Å². The van der Waals surface area contributed by atoms with Gasteiger partial charge in [0.25, 0.3) is 0 Å². The Bertz CT molecular complexity index is 487. The zero-order valence-electron chi connectivity index (χ0n) is 7.36. The van der Waals surface area contributed by atoms with Gasteiger partial charge in [0.05, 0.1) is 11.6 Å². The third-order valence-electron chi connectivity index (χ3n) is 1.79. The van der Waals surface area contributed by atoms with Crippen molar-refractivity contribution in [1.29, 1.82) is 0 Å². The highest BCUT2D eigenvalue weighted by atomic mass is 127. The first-order chi connectivity index (χ1) is 7.22. The molecular weight excluding hydrogens is 333 g/mol. The van der Waals surface area contributed by atoms with Gasteiger partial charge < -0.3 is 0 Å². The van der Waals surface area contributed by atoms with Crippen LogP contribution in [-0.2, 0) is 5.88 Å². The lowest BCUT2D eigenvalue weighted by Gasteiger charge is -2.04. The number of aromatic nitrogens is 4. The highest BCUT2D eigenvalue weighted by molar-refractivity contribution is 14.1. The van der Waals surface area contributed by atoms with Crippen molar-refractivity contribution >= 4 is 34.2 Å². The lowest BCUT2D eigenvalue weighted by atomic mass is 10.3. The van der Waals surface area contributed by atoms with Gasteiger partial charge in [0.2, 0.25) is 0 Å². The van der Waals surface area contributed by atoms with Crippen molar-refractivity contribution in [3.05, 3.63) is 33.4 Å². The highest BCUT2D eigenvalue weighted by Crippen LogP contribution is 2.18. The molecule has 4 nitrogen and oxygen atoms in total. The van der Waals surface area contributed by atoms with Gasteiger partial charge in [-0.25, -0.2) is 4.39 Å². The van der Waals surface area contributed by atoms with Gasteiger partial charge in [-0.1, -0.05) is 0 Å². The van der Waals surface area contributed by atoms with Gasteiger partial charge in [-0.15, -0.1) is 16.7 Å². The Kier molecular flexibility index (Phi) is 3.15. The summed E-state index contributed by atoms with van der Waals surface area (Å²) in [6.07, 6.45) is 0. The number of alkyl halides is 1. The molecule has 0 aliphatic rings. The topological polar surface area (TPSA) is 43.6 Å². The van der Waals surface area contributed by atoms with E-state index < -0.39 is 0 Å². The number of benzene rings is 1. The lowest BCUT2D eigenvalue weighted by molar-refractivity contribution is 0.625. The van der Waals surface area contributed by atoms with Crippen LogP contribution >= 0.6 is 34.2 Å². The van der Waals surface area contributed by atoms with Gasteiger partial charge in [-0.2, -0.15) is 4.68 Å². The van der Waals surface area contributed by atoms with Crippen molar-refractivity contribution in [1.82, 2.24) is 20.2 Å². The van der Waals surface area contributed by atoms with Gasteiger partial charge in [0.1, 0.15) is 5.82 Å². The summed E-state index contributed by atoms with van der Waals surface area (Å²) in [5.74, 6) is 0.449. The van der Waals surface area contributed by atoms with Gasteiger partial charge >= 0.3 is 0 Å². The minimum Gasteiger partial charge on any atom is -0.207 e. The van der Waals surface area contributed by atoms with Gasteiger partial charge in [0.15, 0.2) is 5.82 Å². The molecule has 1 heterocycles. The third-order valence-corrected chi connectivity index (χ3v) is 2.89. The zero-order chi connectivity index (χ0) is 10.8. The standard InChI is InChI=1S/C8H5ClFIN4/c9-4-8-12-13-14-15(8)7-2-1-5(10)3-6(7)11/h1-3H,4H2. The second-order valence-electron chi connectivity index (χ2n) is 2.74. The van der Waals surface area contributed by atoms with Gasteiger partial charge in [-0.3, -0.25) is 0 Å². The predicted molar refractivity (Wildman–Crippen MR) is 61.4 cm³/mol.